The maximum absolute atomic E-state index is 13.9. The third kappa shape index (κ3) is 26.3. The maximum Gasteiger partial charge on any atom is 0.251 e. The highest BCUT2D eigenvalue weighted by molar-refractivity contribution is 7.52. The third-order valence-electron chi connectivity index (χ3n) is 8.21. The molecule has 0 aromatic heterocycles. The third-order valence-corrected chi connectivity index (χ3v) is 9.94. The minimum Gasteiger partial charge on any atom is -0.769 e. The van der Waals surface area contributed by atoms with Gasteiger partial charge < -0.3 is 59.1 Å². The highest BCUT2D eigenvalue weighted by Crippen LogP contribution is 2.43. The second kappa shape index (κ2) is 32.4. The predicted molar refractivity (Wildman–Crippen MR) is 218 cm³/mol. The summed E-state index contributed by atoms with van der Waals surface area (Å²) >= 11 is 0. The molecule has 0 aliphatic rings. The van der Waals surface area contributed by atoms with Crippen LogP contribution in [0.2, 0.25) is 0 Å². The molecular weight excluding hydrogens is 787 g/mol. The highest BCUT2D eigenvalue weighted by atomic mass is 31.2. The van der Waals surface area contributed by atoms with Crippen molar-refractivity contribution >= 4 is 31.2 Å². The first kappa shape index (κ1) is 52.5. The van der Waals surface area contributed by atoms with Gasteiger partial charge in [0, 0.05) is 55.7 Å². The van der Waals surface area contributed by atoms with Crippen molar-refractivity contribution in [1.82, 2.24) is 21.3 Å². The number of carbonyl (C=O) groups excluding carboxylic acids is 4. The number of benzene rings is 1. The van der Waals surface area contributed by atoms with E-state index in [1.54, 1.807) is 0 Å². The molecule has 4 amide bonds. The first-order valence-corrected chi connectivity index (χ1v) is 21.0. The Bertz CT molecular complexity index is 1460. The van der Waals surface area contributed by atoms with E-state index >= 15 is 0 Å². The van der Waals surface area contributed by atoms with Gasteiger partial charge in [0.05, 0.1) is 59.5 Å². The number of hydrogen-bond donors (Lipinski definition) is 4. The zero-order valence-electron chi connectivity index (χ0n) is 34.2. The standard InChI is InChI=1S/C41H61N4O13P/c1-6-21-52-27-30-55-24-18-42-37(46)12-15-41(16-13-38(47)43-19-25-56-31-28-53-22-7-2,17-14-39(48)44-20-26-57-32-29-54-23-8-3)45-40(49)35-10-9-11-36(33-35)58-59(50,51)34(4)5/h1-3,9-11,33-34H,12-32H2,4-5H3,(H,42,46)(H,43,47)(H,44,48)(H,45,49)(H,50,51)/p-1. The van der Waals surface area contributed by atoms with Crippen molar-refractivity contribution in [3.8, 4) is 42.8 Å². The zero-order valence-corrected chi connectivity index (χ0v) is 35.1. The molecule has 1 unspecified atom stereocenters. The van der Waals surface area contributed by atoms with Crippen LogP contribution in [-0.4, -0.2) is 134 Å². The van der Waals surface area contributed by atoms with Crippen molar-refractivity contribution < 1.29 is 61.6 Å². The first-order valence-electron chi connectivity index (χ1n) is 19.4. The Labute approximate surface area is 348 Å². The minimum atomic E-state index is -4.29. The SMILES string of the molecule is C#CCOCCOCCNC(=O)CCC(CCC(=O)NCCOCCOCC#C)(CCC(=O)NCCOCCOCC#C)NC(=O)c1cccc(OP(=O)([O-])C(C)C)c1. The lowest BCUT2D eigenvalue weighted by atomic mass is 9.82. The highest BCUT2D eigenvalue weighted by Gasteiger charge is 2.34. The molecule has 4 N–H and O–H groups in total. The van der Waals surface area contributed by atoms with Crippen LogP contribution in [0.5, 0.6) is 5.75 Å². The van der Waals surface area contributed by atoms with Crippen LogP contribution in [0.4, 0.5) is 0 Å². The van der Waals surface area contributed by atoms with Crippen LogP contribution < -0.4 is 30.7 Å². The Kier molecular flexibility index (Phi) is 28.8. The van der Waals surface area contributed by atoms with E-state index in [1.165, 1.54) is 38.1 Å². The van der Waals surface area contributed by atoms with E-state index in [2.05, 4.69) is 39.0 Å². The fourth-order valence-electron chi connectivity index (χ4n) is 4.99. The van der Waals surface area contributed by atoms with Gasteiger partial charge in [-0.3, -0.25) is 23.7 Å². The molecule has 328 valence electrons. The summed E-state index contributed by atoms with van der Waals surface area (Å²) in [5.41, 5.74) is -2.02. The van der Waals surface area contributed by atoms with Crippen molar-refractivity contribution in [3.05, 3.63) is 29.8 Å². The molecule has 1 atom stereocenters. The molecule has 0 aliphatic carbocycles. The molecule has 1 rings (SSSR count). The first-order chi connectivity index (χ1) is 28.4. The molecule has 0 radical (unpaired) electrons. The molecule has 18 heteroatoms. The molecule has 0 aliphatic heterocycles. The van der Waals surface area contributed by atoms with E-state index in [4.69, 9.17) is 52.2 Å². The number of amides is 4. The maximum atomic E-state index is 13.9. The second-order valence-electron chi connectivity index (χ2n) is 13.1. The summed E-state index contributed by atoms with van der Waals surface area (Å²) < 4.78 is 49.6. The van der Waals surface area contributed by atoms with E-state index in [-0.39, 0.29) is 147 Å². The lowest BCUT2D eigenvalue weighted by Gasteiger charge is -2.35. The summed E-state index contributed by atoms with van der Waals surface area (Å²) in [5, 5.41) is 11.3. The van der Waals surface area contributed by atoms with Crippen molar-refractivity contribution in [1.29, 1.82) is 0 Å². The Morgan fingerprint density at radius 2 is 1.05 bits per heavy atom. The molecule has 0 fully saturated rings. The number of hydrogen-bond acceptors (Lipinski definition) is 13. The summed E-state index contributed by atoms with van der Waals surface area (Å²) in [4.78, 5) is 65.6. The van der Waals surface area contributed by atoms with Crippen molar-refractivity contribution in [2.24, 2.45) is 0 Å². The summed E-state index contributed by atoms with van der Waals surface area (Å²) in [7, 11) is -4.29. The minimum absolute atomic E-state index is 0.0345. The summed E-state index contributed by atoms with van der Waals surface area (Å²) in [5.74, 6) is 5.31. The number of rotatable bonds is 35. The molecule has 17 nitrogen and oxygen atoms in total. The largest absolute Gasteiger partial charge is 0.769 e. The molecule has 59 heavy (non-hydrogen) atoms. The van der Waals surface area contributed by atoms with Gasteiger partial charge in [-0.2, -0.15) is 0 Å². The summed E-state index contributed by atoms with van der Waals surface area (Å²) in [6.45, 7) is 6.42. The lowest BCUT2D eigenvalue weighted by Crippen LogP contribution is -2.50. The van der Waals surface area contributed by atoms with Crippen LogP contribution in [0.3, 0.4) is 0 Å². The second-order valence-corrected chi connectivity index (χ2v) is 15.4. The normalized spacial score (nSPS) is 12.0. The smallest absolute Gasteiger partial charge is 0.251 e. The average Bonchev–Trinajstić information content (AvgIpc) is 3.21. The van der Waals surface area contributed by atoms with Gasteiger partial charge in [-0.1, -0.05) is 37.7 Å². The molecule has 0 saturated heterocycles. The van der Waals surface area contributed by atoms with Gasteiger partial charge in [-0.05, 0) is 37.5 Å². The van der Waals surface area contributed by atoms with Gasteiger partial charge in [-0.25, -0.2) is 0 Å². The van der Waals surface area contributed by atoms with Crippen molar-refractivity contribution in [3.63, 3.8) is 0 Å². The molecule has 1 aromatic rings. The number of terminal acetylenes is 3. The number of ether oxygens (including phenoxy) is 6. The van der Waals surface area contributed by atoms with Crippen LogP contribution in [0.1, 0.15) is 62.7 Å². The van der Waals surface area contributed by atoms with E-state index in [0.717, 1.165) is 0 Å². The molecule has 0 heterocycles. The fourth-order valence-corrected chi connectivity index (χ4v) is 5.60. The fraction of sp³-hybridized carbons (Fsp3) is 0.610. The molecule has 0 spiro atoms. The lowest BCUT2D eigenvalue weighted by molar-refractivity contribution is -0.192. The molecule has 0 bridgehead atoms. The van der Waals surface area contributed by atoms with E-state index in [1.807, 2.05) is 0 Å². The van der Waals surface area contributed by atoms with Crippen molar-refractivity contribution in [2.75, 3.05) is 98.9 Å². The van der Waals surface area contributed by atoms with Gasteiger partial charge in [0.25, 0.3) is 5.91 Å². The summed E-state index contributed by atoms with van der Waals surface area (Å²) in [6, 6.07) is 5.63. The summed E-state index contributed by atoms with van der Waals surface area (Å²) in [6.07, 6.45) is 15.3. The van der Waals surface area contributed by atoms with Crippen LogP contribution in [0.15, 0.2) is 24.3 Å². The van der Waals surface area contributed by atoms with Gasteiger partial charge in [0.15, 0.2) is 7.60 Å². The van der Waals surface area contributed by atoms with Crippen LogP contribution in [0, 0.1) is 37.0 Å². The van der Waals surface area contributed by atoms with Crippen molar-refractivity contribution in [2.45, 2.75) is 63.6 Å². The molecular formula is C41H60N4O13P-. The van der Waals surface area contributed by atoms with E-state index in [0.29, 0.717) is 19.8 Å². The predicted octanol–water partition coefficient (Wildman–Crippen LogP) is 1.18. The molecule has 0 saturated carbocycles. The quantitative estimate of drug-likeness (QED) is 0.0429. The topological polar surface area (TPSA) is 221 Å². The monoisotopic (exact) mass is 847 g/mol. The van der Waals surface area contributed by atoms with Crippen LogP contribution >= 0.6 is 7.60 Å². The van der Waals surface area contributed by atoms with Gasteiger partial charge in [-0.15, -0.1) is 19.3 Å². The van der Waals surface area contributed by atoms with Crippen LogP contribution in [-0.2, 0) is 47.4 Å². The Balaban J connectivity index is 3.18. The van der Waals surface area contributed by atoms with Gasteiger partial charge in [0.1, 0.15) is 25.6 Å². The Morgan fingerprint density at radius 3 is 1.42 bits per heavy atom. The number of carbonyl (C=O) groups is 4. The van der Waals surface area contributed by atoms with E-state index < -0.39 is 24.7 Å². The van der Waals surface area contributed by atoms with Crippen LogP contribution in [0.25, 0.3) is 0 Å². The average molecular weight is 848 g/mol. The van der Waals surface area contributed by atoms with Gasteiger partial charge in [0.2, 0.25) is 17.7 Å². The van der Waals surface area contributed by atoms with E-state index in [9.17, 15) is 28.6 Å². The van der Waals surface area contributed by atoms with Gasteiger partial charge >= 0.3 is 0 Å². The Hall–Kier alpha value is -4.47. The number of nitrogens with one attached hydrogen (secondary N) is 4. The Morgan fingerprint density at radius 1 is 0.661 bits per heavy atom. The zero-order chi connectivity index (χ0) is 43.6. The molecule has 1 aromatic carbocycles.